The molecule has 0 aliphatic carbocycles. The van der Waals surface area contributed by atoms with Crippen molar-refractivity contribution in [1.29, 1.82) is 0 Å². The van der Waals surface area contributed by atoms with Crippen molar-refractivity contribution in [1.82, 2.24) is 10.6 Å². The van der Waals surface area contributed by atoms with Gasteiger partial charge in [-0.2, -0.15) is 13.2 Å². The molecule has 0 aromatic heterocycles. The number of piperidine rings is 1. The third-order valence-corrected chi connectivity index (χ3v) is 2.33. The maximum atomic E-state index is 11.8. The fourth-order valence-electron chi connectivity index (χ4n) is 1.53. The zero-order valence-corrected chi connectivity index (χ0v) is 8.36. The first-order chi connectivity index (χ1) is 6.99. The molecule has 0 saturated carbocycles. The highest BCUT2D eigenvalue weighted by Crippen LogP contribution is 2.18. The molecule has 88 valence electrons. The first-order valence-corrected chi connectivity index (χ1v) is 5.07. The fraction of sp³-hybridized carbons (Fsp3) is 0.889. The Morgan fingerprint density at radius 2 is 2.13 bits per heavy atom. The monoisotopic (exact) mass is 224 g/mol. The van der Waals surface area contributed by atoms with Gasteiger partial charge in [0, 0.05) is 6.54 Å². The largest absolute Gasteiger partial charge is 0.390 e. The van der Waals surface area contributed by atoms with Crippen molar-refractivity contribution in [2.45, 2.75) is 37.9 Å². The van der Waals surface area contributed by atoms with Gasteiger partial charge in [-0.1, -0.05) is 6.42 Å². The van der Waals surface area contributed by atoms with Gasteiger partial charge < -0.3 is 10.6 Å². The summed E-state index contributed by atoms with van der Waals surface area (Å²) >= 11 is 0. The molecule has 0 radical (unpaired) electrons. The van der Waals surface area contributed by atoms with E-state index in [1.807, 2.05) is 0 Å². The third kappa shape index (κ3) is 5.01. The Kier molecular flexibility index (Phi) is 4.38. The molecule has 0 bridgehead atoms. The van der Waals surface area contributed by atoms with Crippen molar-refractivity contribution in [2.24, 2.45) is 0 Å². The third-order valence-electron chi connectivity index (χ3n) is 2.33. The van der Waals surface area contributed by atoms with E-state index in [0.29, 0.717) is 6.42 Å². The summed E-state index contributed by atoms with van der Waals surface area (Å²) in [5.41, 5.74) is 0. The molecule has 1 saturated heterocycles. The summed E-state index contributed by atoms with van der Waals surface area (Å²) in [5.74, 6) is -0.320. The molecule has 1 heterocycles. The normalized spacial score (nSPS) is 22.5. The Hall–Kier alpha value is -0.780. The Balaban J connectivity index is 2.17. The lowest BCUT2D eigenvalue weighted by Gasteiger charge is -2.22. The van der Waals surface area contributed by atoms with Crippen LogP contribution in [0.1, 0.15) is 25.7 Å². The SMILES string of the molecule is O=C(NCCC(F)(F)F)C1CCCCN1. The van der Waals surface area contributed by atoms with Crippen LogP contribution in [-0.4, -0.2) is 31.2 Å². The Labute approximate surface area is 86.4 Å². The number of hydrogen-bond donors (Lipinski definition) is 2. The lowest BCUT2D eigenvalue weighted by Crippen LogP contribution is -2.47. The second kappa shape index (κ2) is 5.34. The first kappa shape index (κ1) is 12.3. The number of alkyl halides is 3. The number of carbonyl (C=O) groups is 1. The van der Waals surface area contributed by atoms with Gasteiger partial charge in [-0.05, 0) is 19.4 Å². The maximum Gasteiger partial charge on any atom is 0.390 e. The van der Waals surface area contributed by atoms with Crippen LogP contribution in [-0.2, 0) is 4.79 Å². The molecule has 0 spiro atoms. The van der Waals surface area contributed by atoms with Gasteiger partial charge in [-0.15, -0.1) is 0 Å². The minimum atomic E-state index is -4.20. The van der Waals surface area contributed by atoms with E-state index >= 15 is 0 Å². The molecule has 1 aliphatic rings. The van der Waals surface area contributed by atoms with Crippen LogP contribution < -0.4 is 10.6 Å². The molecular weight excluding hydrogens is 209 g/mol. The van der Waals surface area contributed by atoms with Crippen LogP contribution in [0.4, 0.5) is 13.2 Å². The summed E-state index contributed by atoms with van der Waals surface area (Å²) in [6, 6.07) is -0.313. The van der Waals surface area contributed by atoms with Gasteiger partial charge in [0.1, 0.15) is 0 Å². The number of rotatable bonds is 3. The summed E-state index contributed by atoms with van der Waals surface area (Å²) in [5, 5.41) is 5.26. The Morgan fingerprint density at radius 1 is 1.40 bits per heavy atom. The molecule has 1 amide bonds. The van der Waals surface area contributed by atoms with Gasteiger partial charge in [0.15, 0.2) is 0 Å². The summed E-state index contributed by atoms with van der Waals surface area (Å²) in [4.78, 5) is 11.3. The molecule has 6 heteroatoms. The van der Waals surface area contributed by atoms with Crippen molar-refractivity contribution in [3.8, 4) is 0 Å². The first-order valence-electron chi connectivity index (χ1n) is 5.07. The van der Waals surface area contributed by atoms with E-state index < -0.39 is 12.6 Å². The van der Waals surface area contributed by atoms with Crippen LogP contribution in [0.3, 0.4) is 0 Å². The van der Waals surface area contributed by atoms with Crippen molar-refractivity contribution in [3.63, 3.8) is 0 Å². The highest BCUT2D eigenvalue weighted by Gasteiger charge is 2.27. The van der Waals surface area contributed by atoms with E-state index in [4.69, 9.17) is 0 Å². The van der Waals surface area contributed by atoms with E-state index in [-0.39, 0.29) is 18.5 Å². The van der Waals surface area contributed by atoms with Crippen LogP contribution >= 0.6 is 0 Å². The molecule has 2 N–H and O–H groups in total. The summed E-state index contributed by atoms with van der Waals surface area (Å²) < 4.78 is 35.3. The van der Waals surface area contributed by atoms with Crippen molar-refractivity contribution >= 4 is 5.91 Å². The fourth-order valence-corrected chi connectivity index (χ4v) is 1.53. The summed E-state index contributed by atoms with van der Waals surface area (Å²) in [6.45, 7) is 0.428. The molecule has 1 rings (SSSR count). The van der Waals surface area contributed by atoms with Crippen molar-refractivity contribution in [3.05, 3.63) is 0 Å². The lowest BCUT2D eigenvalue weighted by atomic mass is 10.0. The number of amides is 1. The van der Waals surface area contributed by atoms with Crippen LogP contribution in [0.15, 0.2) is 0 Å². The van der Waals surface area contributed by atoms with E-state index in [0.717, 1.165) is 19.4 Å². The molecular formula is C9H15F3N2O. The van der Waals surface area contributed by atoms with E-state index in [1.54, 1.807) is 0 Å². The molecule has 1 aliphatic heterocycles. The average molecular weight is 224 g/mol. The molecule has 0 aromatic carbocycles. The van der Waals surface area contributed by atoms with Crippen LogP contribution in [0.25, 0.3) is 0 Å². The van der Waals surface area contributed by atoms with Gasteiger partial charge in [0.25, 0.3) is 0 Å². The lowest BCUT2D eigenvalue weighted by molar-refractivity contribution is -0.136. The number of halogens is 3. The minimum Gasteiger partial charge on any atom is -0.354 e. The van der Waals surface area contributed by atoms with Gasteiger partial charge in [0.2, 0.25) is 5.91 Å². The molecule has 3 nitrogen and oxygen atoms in total. The molecule has 15 heavy (non-hydrogen) atoms. The molecule has 1 atom stereocenters. The number of nitrogens with one attached hydrogen (secondary N) is 2. The number of carbonyl (C=O) groups excluding carboxylic acids is 1. The quantitative estimate of drug-likeness (QED) is 0.756. The molecule has 0 aromatic rings. The zero-order chi connectivity index (χ0) is 11.3. The van der Waals surface area contributed by atoms with Gasteiger partial charge in [-0.25, -0.2) is 0 Å². The van der Waals surface area contributed by atoms with E-state index in [2.05, 4.69) is 10.6 Å². The second-order valence-electron chi connectivity index (χ2n) is 3.66. The van der Waals surface area contributed by atoms with E-state index in [9.17, 15) is 18.0 Å². The summed E-state index contributed by atoms with van der Waals surface area (Å²) in [7, 11) is 0. The highest BCUT2D eigenvalue weighted by atomic mass is 19.4. The highest BCUT2D eigenvalue weighted by molar-refractivity contribution is 5.81. The van der Waals surface area contributed by atoms with Crippen LogP contribution in [0.5, 0.6) is 0 Å². The number of hydrogen-bond acceptors (Lipinski definition) is 2. The smallest absolute Gasteiger partial charge is 0.354 e. The Bertz CT molecular complexity index is 212. The summed E-state index contributed by atoms with van der Waals surface area (Å²) in [6.07, 6.45) is -2.49. The van der Waals surface area contributed by atoms with E-state index in [1.165, 1.54) is 0 Å². The minimum absolute atomic E-state index is 0.313. The Morgan fingerprint density at radius 3 is 2.67 bits per heavy atom. The van der Waals surface area contributed by atoms with Crippen LogP contribution in [0, 0.1) is 0 Å². The maximum absolute atomic E-state index is 11.8. The van der Waals surface area contributed by atoms with Crippen molar-refractivity contribution < 1.29 is 18.0 Å². The van der Waals surface area contributed by atoms with Crippen LogP contribution in [0.2, 0.25) is 0 Å². The standard InChI is InChI=1S/C9H15F3N2O/c10-9(11,12)4-6-14-8(15)7-3-1-2-5-13-7/h7,13H,1-6H2,(H,14,15). The predicted octanol–water partition coefficient (Wildman–Crippen LogP) is 1.20. The van der Waals surface area contributed by atoms with Gasteiger partial charge >= 0.3 is 6.18 Å². The topological polar surface area (TPSA) is 41.1 Å². The van der Waals surface area contributed by atoms with Gasteiger partial charge in [-0.3, -0.25) is 4.79 Å². The predicted molar refractivity (Wildman–Crippen MR) is 49.3 cm³/mol. The molecule has 1 fully saturated rings. The van der Waals surface area contributed by atoms with Gasteiger partial charge in [0.05, 0.1) is 12.5 Å². The van der Waals surface area contributed by atoms with Crippen molar-refractivity contribution in [2.75, 3.05) is 13.1 Å². The zero-order valence-electron chi connectivity index (χ0n) is 8.36. The molecule has 1 unspecified atom stereocenters. The average Bonchev–Trinajstić information content (AvgIpc) is 2.17. The second-order valence-corrected chi connectivity index (χ2v) is 3.66.